The molecule has 0 aromatic carbocycles. The van der Waals surface area contributed by atoms with Gasteiger partial charge < -0.3 is 11.1 Å². The first-order valence-corrected chi connectivity index (χ1v) is 4.29. The molecule has 0 radical (unpaired) electrons. The largest absolute Gasteiger partial charge is 0.348 e. The predicted molar refractivity (Wildman–Crippen MR) is 45.9 cm³/mol. The van der Waals surface area contributed by atoms with Crippen LogP contribution in [0, 0.1) is 0 Å². The van der Waals surface area contributed by atoms with Gasteiger partial charge in [0, 0.05) is 12.6 Å². The molecule has 1 amide bonds. The quantitative estimate of drug-likeness (QED) is 0.674. The third-order valence-electron chi connectivity index (χ3n) is 1.32. The lowest BCUT2D eigenvalue weighted by Crippen LogP contribution is -2.37. The molecule has 5 nitrogen and oxygen atoms in total. The van der Waals surface area contributed by atoms with E-state index in [1.54, 1.807) is 0 Å². The lowest BCUT2D eigenvalue weighted by atomic mass is 10.3. The molecule has 1 heterocycles. The minimum absolute atomic E-state index is 0.0143. The fourth-order valence-electron chi connectivity index (χ4n) is 0.621. The molecule has 1 aromatic heterocycles. The molecule has 1 aromatic rings. The molecule has 66 valence electrons. The zero-order chi connectivity index (χ0) is 8.97. The number of nitrogens with zero attached hydrogens (tertiary/aromatic N) is 2. The molecule has 0 fully saturated rings. The molecular weight excluding hydrogens is 176 g/mol. The van der Waals surface area contributed by atoms with Crippen molar-refractivity contribution in [3.63, 3.8) is 0 Å². The third kappa shape index (κ3) is 2.24. The molecule has 1 unspecified atom stereocenters. The first kappa shape index (κ1) is 9.08. The van der Waals surface area contributed by atoms with Gasteiger partial charge in [-0.05, 0) is 18.5 Å². The number of aromatic nitrogens is 2. The number of hydrogen-bond donors (Lipinski definition) is 2. The van der Waals surface area contributed by atoms with Crippen molar-refractivity contribution in [2.45, 2.75) is 13.0 Å². The SMILES string of the molecule is CC(CN)NC(=O)c1cnns1. The Bertz CT molecular complexity index is 248. The van der Waals surface area contributed by atoms with Crippen molar-refractivity contribution >= 4 is 17.4 Å². The van der Waals surface area contributed by atoms with E-state index in [2.05, 4.69) is 14.9 Å². The zero-order valence-corrected chi connectivity index (χ0v) is 7.47. The molecule has 0 spiro atoms. The van der Waals surface area contributed by atoms with Gasteiger partial charge >= 0.3 is 0 Å². The van der Waals surface area contributed by atoms with Crippen LogP contribution in [0.1, 0.15) is 16.6 Å². The van der Waals surface area contributed by atoms with Crippen LogP contribution in [0.25, 0.3) is 0 Å². The maximum Gasteiger partial charge on any atom is 0.264 e. The Morgan fingerprint density at radius 2 is 2.67 bits per heavy atom. The van der Waals surface area contributed by atoms with Crippen molar-refractivity contribution in [1.29, 1.82) is 0 Å². The van der Waals surface area contributed by atoms with Crippen molar-refractivity contribution in [3.8, 4) is 0 Å². The van der Waals surface area contributed by atoms with Crippen molar-refractivity contribution < 1.29 is 4.79 Å². The predicted octanol–water partition coefficient (Wildman–Crippen LogP) is -0.385. The van der Waals surface area contributed by atoms with Gasteiger partial charge in [0.2, 0.25) is 0 Å². The highest BCUT2D eigenvalue weighted by Gasteiger charge is 2.09. The van der Waals surface area contributed by atoms with Crippen LogP contribution in [0.15, 0.2) is 6.20 Å². The van der Waals surface area contributed by atoms with E-state index in [1.807, 2.05) is 6.92 Å². The highest BCUT2D eigenvalue weighted by Crippen LogP contribution is 2.01. The number of rotatable bonds is 3. The molecule has 1 rings (SSSR count). The molecule has 6 heteroatoms. The number of hydrogen-bond acceptors (Lipinski definition) is 5. The summed E-state index contributed by atoms with van der Waals surface area (Å²) < 4.78 is 3.58. The maximum absolute atomic E-state index is 11.2. The summed E-state index contributed by atoms with van der Waals surface area (Å²) in [6.07, 6.45) is 1.43. The summed E-state index contributed by atoms with van der Waals surface area (Å²) in [5.74, 6) is -0.164. The average Bonchev–Trinajstić information content (AvgIpc) is 2.56. The van der Waals surface area contributed by atoms with Crippen molar-refractivity contribution in [1.82, 2.24) is 14.9 Å². The van der Waals surface area contributed by atoms with Crippen molar-refractivity contribution in [2.24, 2.45) is 5.73 Å². The Balaban J connectivity index is 2.50. The second kappa shape index (κ2) is 4.13. The van der Waals surface area contributed by atoms with E-state index in [4.69, 9.17) is 5.73 Å². The molecule has 0 saturated carbocycles. The molecule has 3 N–H and O–H groups in total. The molecule has 0 aliphatic heterocycles. The monoisotopic (exact) mass is 186 g/mol. The van der Waals surface area contributed by atoms with Crippen LogP contribution >= 0.6 is 11.5 Å². The van der Waals surface area contributed by atoms with E-state index >= 15 is 0 Å². The van der Waals surface area contributed by atoms with E-state index < -0.39 is 0 Å². The highest BCUT2D eigenvalue weighted by atomic mass is 32.1. The summed E-state index contributed by atoms with van der Waals surface area (Å²) in [4.78, 5) is 11.7. The Hall–Kier alpha value is -1.01. The fourth-order valence-corrected chi connectivity index (χ4v) is 1.04. The Kier molecular flexibility index (Phi) is 3.12. The highest BCUT2D eigenvalue weighted by molar-refractivity contribution is 7.07. The summed E-state index contributed by atoms with van der Waals surface area (Å²) >= 11 is 1.07. The van der Waals surface area contributed by atoms with E-state index in [0.29, 0.717) is 11.4 Å². The Morgan fingerprint density at radius 3 is 3.17 bits per heavy atom. The van der Waals surface area contributed by atoms with E-state index in [0.717, 1.165) is 11.5 Å². The minimum Gasteiger partial charge on any atom is -0.348 e. The summed E-state index contributed by atoms with van der Waals surface area (Å²) in [6, 6.07) is -0.0143. The second-order valence-corrected chi connectivity index (χ2v) is 3.18. The van der Waals surface area contributed by atoms with Crippen LogP contribution in [-0.2, 0) is 0 Å². The average molecular weight is 186 g/mol. The minimum atomic E-state index is -0.164. The molecule has 0 aliphatic rings. The smallest absolute Gasteiger partial charge is 0.264 e. The van der Waals surface area contributed by atoms with Gasteiger partial charge in [-0.2, -0.15) is 0 Å². The third-order valence-corrected chi connectivity index (χ3v) is 1.98. The van der Waals surface area contributed by atoms with Gasteiger partial charge in [-0.25, -0.2) is 0 Å². The van der Waals surface area contributed by atoms with Crippen molar-refractivity contribution in [3.05, 3.63) is 11.1 Å². The van der Waals surface area contributed by atoms with Crippen LogP contribution in [0.4, 0.5) is 0 Å². The molecule has 1 atom stereocenters. The lowest BCUT2D eigenvalue weighted by molar-refractivity contribution is 0.0945. The fraction of sp³-hybridized carbons (Fsp3) is 0.500. The second-order valence-electron chi connectivity index (χ2n) is 2.39. The summed E-state index contributed by atoms with van der Waals surface area (Å²) in [5.41, 5.74) is 5.33. The number of carbonyl (C=O) groups excluding carboxylic acids is 1. The first-order chi connectivity index (χ1) is 5.74. The van der Waals surface area contributed by atoms with Crippen LogP contribution in [0.3, 0.4) is 0 Å². The van der Waals surface area contributed by atoms with Gasteiger partial charge in [0.25, 0.3) is 5.91 Å². The number of carbonyl (C=O) groups is 1. The normalized spacial score (nSPS) is 12.5. The van der Waals surface area contributed by atoms with Gasteiger partial charge in [0.15, 0.2) is 0 Å². The molecule has 0 bridgehead atoms. The molecule has 0 saturated heterocycles. The zero-order valence-electron chi connectivity index (χ0n) is 6.65. The lowest BCUT2D eigenvalue weighted by Gasteiger charge is -2.08. The number of nitrogens with one attached hydrogen (secondary N) is 1. The summed E-state index contributed by atoms with van der Waals surface area (Å²) in [7, 11) is 0. The Morgan fingerprint density at radius 1 is 1.92 bits per heavy atom. The molecule has 0 aliphatic carbocycles. The maximum atomic E-state index is 11.2. The van der Waals surface area contributed by atoms with Crippen LogP contribution in [0.2, 0.25) is 0 Å². The summed E-state index contributed by atoms with van der Waals surface area (Å²) in [5, 5.41) is 6.25. The van der Waals surface area contributed by atoms with Crippen molar-refractivity contribution in [2.75, 3.05) is 6.54 Å². The van der Waals surface area contributed by atoms with Gasteiger partial charge in [-0.1, -0.05) is 4.49 Å². The van der Waals surface area contributed by atoms with E-state index in [1.165, 1.54) is 6.20 Å². The van der Waals surface area contributed by atoms with Crippen LogP contribution in [0.5, 0.6) is 0 Å². The summed E-state index contributed by atoms with van der Waals surface area (Å²) in [6.45, 7) is 2.27. The van der Waals surface area contributed by atoms with Crippen LogP contribution in [-0.4, -0.2) is 28.1 Å². The molecular formula is C6H10N4OS. The van der Waals surface area contributed by atoms with Gasteiger partial charge in [0.1, 0.15) is 4.88 Å². The Labute approximate surface area is 74.1 Å². The van der Waals surface area contributed by atoms with E-state index in [-0.39, 0.29) is 11.9 Å². The van der Waals surface area contributed by atoms with Gasteiger partial charge in [0.05, 0.1) is 6.20 Å². The number of amides is 1. The first-order valence-electron chi connectivity index (χ1n) is 3.52. The molecule has 12 heavy (non-hydrogen) atoms. The topological polar surface area (TPSA) is 80.9 Å². The van der Waals surface area contributed by atoms with Gasteiger partial charge in [-0.3, -0.25) is 4.79 Å². The van der Waals surface area contributed by atoms with Gasteiger partial charge in [-0.15, -0.1) is 5.10 Å². The number of nitrogens with two attached hydrogens (primary N) is 1. The van der Waals surface area contributed by atoms with E-state index in [9.17, 15) is 4.79 Å². The standard InChI is InChI=1S/C6H10N4OS/c1-4(2-7)9-6(11)5-3-8-10-12-5/h3-4H,2,7H2,1H3,(H,9,11). The van der Waals surface area contributed by atoms with Crippen LogP contribution < -0.4 is 11.1 Å².